The molecule has 1 aliphatic heterocycles. The third kappa shape index (κ3) is 3.00. The maximum absolute atomic E-state index is 11.3. The van der Waals surface area contributed by atoms with Gasteiger partial charge in [-0.05, 0) is 30.4 Å². The van der Waals surface area contributed by atoms with Gasteiger partial charge in [-0.25, -0.2) is 4.79 Å². The van der Waals surface area contributed by atoms with E-state index in [0.29, 0.717) is 16.7 Å². The number of benzene rings is 1. The first-order valence-electron chi connectivity index (χ1n) is 6.59. The van der Waals surface area contributed by atoms with E-state index in [1.54, 1.807) is 19.2 Å². The molecule has 19 heavy (non-hydrogen) atoms. The van der Waals surface area contributed by atoms with Crippen LogP contribution in [0.4, 0.5) is 5.69 Å². The molecule has 1 N–H and O–H groups in total. The summed E-state index contributed by atoms with van der Waals surface area (Å²) in [6.07, 6.45) is 2.15. The minimum Gasteiger partial charge on any atom is -0.497 e. The standard InChI is InChI=1S/C15H21NO3/c1-15(2)6-8-16(9-7-15)13-10-11(19-3)4-5-12(13)14(17)18/h4-5,10H,6-9H2,1-3H3,(H,17,18). The van der Waals surface area contributed by atoms with Crippen LogP contribution >= 0.6 is 0 Å². The molecule has 0 saturated carbocycles. The number of ether oxygens (including phenoxy) is 1. The molecule has 1 fully saturated rings. The van der Waals surface area contributed by atoms with Crippen molar-refractivity contribution in [1.29, 1.82) is 0 Å². The minimum atomic E-state index is -0.887. The number of methoxy groups -OCH3 is 1. The third-order valence-corrected chi connectivity index (χ3v) is 3.89. The predicted molar refractivity (Wildman–Crippen MR) is 75.2 cm³/mol. The fourth-order valence-corrected chi connectivity index (χ4v) is 2.43. The molecule has 104 valence electrons. The molecule has 0 unspecified atom stereocenters. The van der Waals surface area contributed by atoms with E-state index in [4.69, 9.17) is 4.74 Å². The summed E-state index contributed by atoms with van der Waals surface area (Å²) in [5, 5.41) is 9.30. The van der Waals surface area contributed by atoms with Crippen molar-refractivity contribution in [2.45, 2.75) is 26.7 Å². The lowest BCUT2D eigenvalue weighted by molar-refractivity contribution is 0.0697. The van der Waals surface area contributed by atoms with Gasteiger partial charge in [0.1, 0.15) is 5.75 Å². The molecular formula is C15H21NO3. The molecule has 0 atom stereocenters. The highest BCUT2D eigenvalue weighted by molar-refractivity contribution is 5.94. The molecule has 0 aromatic heterocycles. The number of carbonyl (C=O) groups is 1. The molecule has 1 aromatic rings. The van der Waals surface area contributed by atoms with Crippen LogP contribution in [-0.4, -0.2) is 31.3 Å². The molecular weight excluding hydrogens is 242 g/mol. The monoisotopic (exact) mass is 263 g/mol. The second-order valence-corrected chi connectivity index (χ2v) is 5.84. The molecule has 4 nitrogen and oxygen atoms in total. The van der Waals surface area contributed by atoms with Gasteiger partial charge in [0.05, 0.1) is 18.4 Å². The van der Waals surface area contributed by atoms with Crippen molar-refractivity contribution in [2.24, 2.45) is 5.41 Å². The van der Waals surface area contributed by atoms with Crippen LogP contribution in [0.5, 0.6) is 5.75 Å². The smallest absolute Gasteiger partial charge is 0.337 e. The highest BCUT2D eigenvalue weighted by atomic mass is 16.5. The Morgan fingerprint density at radius 2 is 1.95 bits per heavy atom. The van der Waals surface area contributed by atoms with Crippen molar-refractivity contribution in [3.05, 3.63) is 23.8 Å². The van der Waals surface area contributed by atoms with Gasteiger partial charge in [-0.2, -0.15) is 0 Å². The summed E-state index contributed by atoms with van der Waals surface area (Å²) in [5.41, 5.74) is 1.46. The van der Waals surface area contributed by atoms with E-state index in [1.165, 1.54) is 0 Å². The number of piperidine rings is 1. The highest BCUT2D eigenvalue weighted by Gasteiger charge is 2.27. The Labute approximate surface area is 114 Å². The predicted octanol–water partition coefficient (Wildman–Crippen LogP) is 3.02. The summed E-state index contributed by atoms with van der Waals surface area (Å²) in [5.74, 6) is -0.188. The van der Waals surface area contributed by atoms with Gasteiger partial charge in [0, 0.05) is 19.2 Å². The van der Waals surface area contributed by atoms with Crippen molar-refractivity contribution < 1.29 is 14.6 Å². The summed E-state index contributed by atoms with van der Waals surface area (Å²) in [6, 6.07) is 5.14. The molecule has 4 heteroatoms. The maximum Gasteiger partial charge on any atom is 0.337 e. The zero-order valence-electron chi connectivity index (χ0n) is 11.8. The van der Waals surface area contributed by atoms with Gasteiger partial charge in [0.15, 0.2) is 0 Å². The van der Waals surface area contributed by atoms with Crippen molar-refractivity contribution in [2.75, 3.05) is 25.1 Å². The van der Waals surface area contributed by atoms with E-state index >= 15 is 0 Å². The molecule has 1 saturated heterocycles. The number of nitrogens with zero attached hydrogens (tertiary/aromatic N) is 1. The molecule has 0 bridgehead atoms. The van der Waals surface area contributed by atoms with Crippen LogP contribution in [0.15, 0.2) is 18.2 Å². The van der Waals surface area contributed by atoms with Gasteiger partial charge < -0.3 is 14.7 Å². The Balaban J connectivity index is 2.30. The van der Waals surface area contributed by atoms with Crippen molar-refractivity contribution >= 4 is 11.7 Å². The van der Waals surface area contributed by atoms with Crippen molar-refractivity contribution in [3.63, 3.8) is 0 Å². The lowest BCUT2D eigenvalue weighted by Gasteiger charge is -2.38. The number of aromatic carboxylic acids is 1. The molecule has 0 aliphatic carbocycles. The molecule has 0 spiro atoms. The van der Waals surface area contributed by atoms with Gasteiger partial charge in [-0.3, -0.25) is 0 Å². The fourth-order valence-electron chi connectivity index (χ4n) is 2.43. The van der Waals surface area contributed by atoms with E-state index in [1.807, 2.05) is 6.07 Å². The normalized spacial score (nSPS) is 18.2. The topological polar surface area (TPSA) is 49.8 Å². The van der Waals surface area contributed by atoms with Gasteiger partial charge >= 0.3 is 5.97 Å². The summed E-state index contributed by atoms with van der Waals surface area (Å²) in [6.45, 7) is 6.29. The first kappa shape index (κ1) is 13.7. The molecule has 0 amide bonds. The molecule has 0 radical (unpaired) electrons. The van der Waals surface area contributed by atoms with Crippen LogP contribution in [-0.2, 0) is 0 Å². The van der Waals surface area contributed by atoms with Gasteiger partial charge in [-0.1, -0.05) is 13.8 Å². The first-order chi connectivity index (χ1) is 8.93. The molecule has 1 heterocycles. The van der Waals surface area contributed by atoms with Gasteiger partial charge in [-0.15, -0.1) is 0 Å². The summed E-state index contributed by atoms with van der Waals surface area (Å²) in [4.78, 5) is 13.5. The Morgan fingerprint density at radius 1 is 1.32 bits per heavy atom. The minimum absolute atomic E-state index is 0.346. The van der Waals surface area contributed by atoms with Crippen molar-refractivity contribution in [3.8, 4) is 5.75 Å². The number of carboxylic acids is 1. The average molecular weight is 263 g/mol. The van der Waals surface area contributed by atoms with Crippen LogP contribution in [0.1, 0.15) is 37.0 Å². The first-order valence-corrected chi connectivity index (χ1v) is 6.59. The summed E-state index contributed by atoms with van der Waals surface area (Å²) >= 11 is 0. The van der Waals surface area contributed by atoms with E-state index in [2.05, 4.69) is 18.7 Å². The van der Waals surface area contributed by atoms with Crippen molar-refractivity contribution in [1.82, 2.24) is 0 Å². The van der Waals surface area contributed by atoms with E-state index in [9.17, 15) is 9.90 Å². The number of hydrogen-bond acceptors (Lipinski definition) is 3. The number of anilines is 1. The second-order valence-electron chi connectivity index (χ2n) is 5.84. The number of rotatable bonds is 3. The van der Waals surface area contributed by atoms with Gasteiger partial charge in [0.25, 0.3) is 0 Å². The zero-order valence-corrected chi connectivity index (χ0v) is 11.8. The Kier molecular flexibility index (Phi) is 3.69. The van der Waals surface area contributed by atoms with Crippen LogP contribution in [0, 0.1) is 5.41 Å². The van der Waals surface area contributed by atoms with E-state index in [0.717, 1.165) is 31.6 Å². The van der Waals surface area contributed by atoms with Crippen LogP contribution in [0.25, 0.3) is 0 Å². The lowest BCUT2D eigenvalue weighted by atomic mass is 9.82. The zero-order chi connectivity index (χ0) is 14.0. The molecule has 1 aromatic carbocycles. The fraction of sp³-hybridized carbons (Fsp3) is 0.533. The quantitative estimate of drug-likeness (QED) is 0.910. The molecule has 1 aliphatic rings. The van der Waals surface area contributed by atoms with Crippen LogP contribution in [0.3, 0.4) is 0 Å². The van der Waals surface area contributed by atoms with E-state index < -0.39 is 5.97 Å². The SMILES string of the molecule is COc1ccc(C(=O)O)c(N2CCC(C)(C)CC2)c1. The second kappa shape index (κ2) is 5.11. The summed E-state index contributed by atoms with van der Waals surface area (Å²) in [7, 11) is 1.60. The third-order valence-electron chi connectivity index (χ3n) is 3.89. The highest BCUT2D eigenvalue weighted by Crippen LogP contribution is 2.34. The average Bonchev–Trinajstić information content (AvgIpc) is 2.38. The molecule has 2 rings (SSSR count). The largest absolute Gasteiger partial charge is 0.497 e. The van der Waals surface area contributed by atoms with Crippen LogP contribution < -0.4 is 9.64 Å². The number of hydrogen-bond donors (Lipinski definition) is 1. The Hall–Kier alpha value is -1.71. The van der Waals surface area contributed by atoms with Crippen LogP contribution in [0.2, 0.25) is 0 Å². The Bertz CT molecular complexity index is 472. The Morgan fingerprint density at radius 3 is 2.47 bits per heavy atom. The van der Waals surface area contributed by atoms with E-state index in [-0.39, 0.29) is 0 Å². The number of carboxylic acid groups (broad SMARTS) is 1. The lowest BCUT2D eigenvalue weighted by Crippen LogP contribution is -2.38. The maximum atomic E-state index is 11.3. The van der Waals surface area contributed by atoms with Gasteiger partial charge in [0.2, 0.25) is 0 Å². The summed E-state index contributed by atoms with van der Waals surface area (Å²) < 4.78 is 5.20.